The first-order valence-corrected chi connectivity index (χ1v) is 6.58. The van der Waals surface area contributed by atoms with E-state index >= 15 is 0 Å². The monoisotopic (exact) mass is 250 g/mol. The van der Waals surface area contributed by atoms with E-state index in [4.69, 9.17) is 0 Å². The van der Waals surface area contributed by atoms with Crippen LogP contribution in [0.3, 0.4) is 0 Å². The Morgan fingerprint density at radius 1 is 1.17 bits per heavy atom. The molecule has 0 heterocycles. The van der Waals surface area contributed by atoms with E-state index in [1.165, 1.54) is 6.92 Å². The first kappa shape index (κ1) is 14.8. The molecule has 0 saturated heterocycles. The average molecular weight is 250 g/mol. The van der Waals surface area contributed by atoms with Crippen LogP contribution in [0.2, 0.25) is 0 Å². The van der Waals surface area contributed by atoms with Crippen molar-refractivity contribution in [3.8, 4) is 0 Å². The lowest BCUT2D eigenvalue weighted by atomic mass is 9.66. The Bertz CT molecular complexity index is 371. The zero-order valence-electron chi connectivity index (χ0n) is 11.5. The van der Waals surface area contributed by atoms with Crippen molar-refractivity contribution in [3.63, 3.8) is 0 Å². The van der Waals surface area contributed by atoms with Crippen LogP contribution in [0, 0.1) is 5.41 Å². The standard InChI is InChI=1S/C15H22O3/c1-11(2)7-9-15(10-8-12(3)16)13(17)5-4-6-14(15)18/h7H,4-6,8-10H2,1-3H3. The van der Waals surface area contributed by atoms with Gasteiger partial charge >= 0.3 is 0 Å². The third kappa shape index (κ3) is 3.37. The summed E-state index contributed by atoms with van der Waals surface area (Å²) in [5.41, 5.74) is 0.185. The van der Waals surface area contributed by atoms with Crippen molar-refractivity contribution in [2.24, 2.45) is 5.41 Å². The number of allylic oxidation sites excluding steroid dienone is 2. The van der Waals surface area contributed by atoms with Crippen LogP contribution < -0.4 is 0 Å². The first-order chi connectivity index (χ1) is 8.38. The quantitative estimate of drug-likeness (QED) is 0.556. The van der Waals surface area contributed by atoms with Gasteiger partial charge in [0, 0.05) is 19.3 Å². The topological polar surface area (TPSA) is 51.2 Å². The molecule has 1 fully saturated rings. The Kier molecular flexibility index (Phi) is 5.00. The summed E-state index contributed by atoms with van der Waals surface area (Å²) in [4.78, 5) is 35.5. The van der Waals surface area contributed by atoms with Gasteiger partial charge in [0.15, 0.2) is 0 Å². The van der Waals surface area contributed by atoms with Crippen LogP contribution in [-0.4, -0.2) is 17.3 Å². The zero-order valence-corrected chi connectivity index (χ0v) is 11.5. The highest BCUT2D eigenvalue weighted by molar-refractivity contribution is 6.09. The van der Waals surface area contributed by atoms with Crippen LogP contribution in [0.15, 0.2) is 11.6 Å². The fourth-order valence-electron chi connectivity index (χ4n) is 2.42. The van der Waals surface area contributed by atoms with E-state index in [2.05, 4.69) is 0 Å². The smallest absolute Gasteiger partial charge is 0.146 e. The van der Waals surface area contributed by atoms with Crippen molar-refractivity contribution in [2.75, 3.05) is 0 Å². The summed E-state index contributed by atoms with van der Waals surface area (Å²) in [6.07, 6.45) is 4.70. The van der Waals surface area contributed by atoms with Crippen LogP contribution in [0.25, 0.3) is 0 Å². The summed E-state index contributed by atoms with van der Waals surface area (Å²) < 4.78 is 0. The van der Waals surface area contributed by atoms with Gasteiger partial charge in [0.1, 0.15) is 17.3 Å². The first-order valence-electron chi connectivity index (χ1n) is 6.58. The number of carbonyl (C=O) groups is 3. The summed E-state index contributed by atoms with van der Waals surface area (Å²) in [6.45, 7) is 5.42. The van der Waals surface area contributed by atoms with Crippen LogP contribution in [0.5, 0.6) is 0 Å². The van der Waals surface area contributed by atoms with Crippen LogP contribution in [0.4, 0.5) is 0 Å². The van der Waals surface area contributed by atoms with E-state index in [0.717, 1.165) is 5.57 Å². The number of ketones is 3. The molecule has 1 rings (SSSR count). The second kappa shape index (κ2) is 6.07. The van der Waals surface area contributed by atoms with E-state index in [0.29, 0.717) is 38.5 Å². The van der Waals surface area contributed by atoms with Gasteiger partial charge in [0.25, 0.3) is 0 Å². The lowest BCUT2D eigenvalue weighted by Gasteiger charge is -2.33. The Morgan fingerprint density at radius 3 is 2.17 bits per heavy atom. The molecule has 0 radical (unpaired) electrons. The van der Waals surface area contributed by atoms with Gasteiger partial charge in [-0.15, -0.1) is 0 Å². The van der Waals surface area contributed by atoms with Crippen molar-refractivity contribution < 1.29 is 14.4 Å². The number of carbonyl (C=O) groups excluding carboxylic acids is 3. The molecule has 0 aromatic rings. The normalized spacial score (nSPS) is 18.6. The molecule has 100 valence electrons. The highest BCUT2D eigenvalue weighted by atomic mass is 16.2. The minimum atomic E-state index is -0.915. The molecule has 3 nitrogen and oxygen atoms in total. The number of Topliss-reactive ketones (excluding diaryl/α,β-unsaturated/α-hetero) is 3. The van der Waals surface area contributed by atoms with Gasteiger partial charge in [-0.2, -0.15) is 0 Å². The molecular weight excluding hydrogens is 228 g/mol. The Labute approximate surface area is 109 Å². The predicted octanol–water partition coefficient (Wildman–Crippen LogP) is 3.02. The molecule has 0 spiro atoms. The minimum absolute atomic E-state index is 0.0255. The molecule has 0 aromatic carbocycles. The van der Waals surface area contributed by atoms with Gasteiger partial charge in [0.05, 0.1) is 5.41 Å². The van der Waals surface area contributed by atoms with Crippen molar-refractivity contribution >= 4 is 17.3 Å². The van der Waals surface area contributed by atoms with Crippen molar-refractivity contribution in [2.45, 2.75) is 59.3 Å². The molecule has 1 aliphatic rings. The Morgan fingerprint density at radius 2 is 1.72 bits per heavy atom. The maximum Gasteiger partial charge on any atom is 0.146 e. The van der Waals surface area contributed by atoms with E-state index < -0.39 is 5.41 Å². The fourth-order valence-corrected chi connectivity index (χ4v) is 2.42. The third-order valence-corrected chi connectivity index (χ3v) is 3.64. The maximum absolute atomic E-state index is 12.2. The largest absolute Gasteiger partial charge is 0.300 e. The van der Waals surface area contributed by atoms with Gasteiger partial charge in [-0.1, -0.05) is 11.6 Å². The molecule has 0 unspecified atom stereocenters. The summed E-state index contributed by atoms with van der Waals surface area (Å²) in [5.74, 6) is 0.0905. The summed E-state index contributed by atoms with van der Waals surface area (Å²) in [5, 5.41) is 0. The molecule has 0 N–H and O–H groups in total. The van der Waals surface area contributed by atoms with Crippen LogP contribution in [0.1, 0.15) is 59.3 Å². The molecule has 1 saturated carbocycles. The number of hydrogen-bond donors (Lipinski definition) is 0. The summed E-state index contributed by atoms with van der Waals surface area (Å²) in [7, 11) is 0. The van der Waals surface area contributed by atoms with Gasteiger partial charge in [-0.05, 0) is 40.0 Å². The second-order valence-corrected chi connectivity index (χ2v) is 5.47. The summed E-state index contributed by atoms with van der Waals surface area (Å²) >= 11 is 0. The number of hydrogen-bond acceptors (Lipinski definition) is 3. The highest BCUT2D eigenvalue weighted by Gasteiger charge is 2.45. The fraction of sp³-hybridized carbons (Fsp3) is 0.667. The predicted molar refractivity (Wildman–Crippen MR) is 70.3 cm³/mol. The third-order valence-electron chi connectivity index (χ3n) is 3.64. The molecule has 0 aromatic heterocycles. The van der Waals surface area contributed by atoms with Gasteiger partial charge in [-0.3, -0.25) is 9.59 Å². The molecule has 0 atom stereocenters. The Hall–Kier alpha value is -1.25. The minimum Gasteiger partial charge on any atom is -0.300 e. The van der Waals surface area contributed by atoms with E-state index in [-0.39, 0.29) is 17.3 Å². The lowest BCUT2D eigenvalue weighted by Crippen LogP contribution is -2.42. The van der Waals surface area contributed by atoms with Crippen LogP contribution in [-0.2, 0) is 14.4 Å². The average Bonchev–Trinajstić information content (AvgIpc) is 2.27. The number of rotatable bonds is 5. The highest BCUT2D eigenvalue weighted by Crippen LogP contribution is 2.38. The molecule has 18 heavy (non-hydrogen) atoms. The zero-order chi connectivity index (χ0) is 13.8. The van der Waals surface area contributed by atoms with Gasteiger partial charge in [0.2, 0.25) is 0 Å². The van der Waals surface area contributed by atoms with Gasteiger partial charge < -0.3 is 4.79 Å². The molecule has 0 amide bonds. The van der Waals surface area contributed by atoms with E-state index in [9.17, 15) is 14.4 Å². The van der Waals surface area contributed by atoms with Crippen molar-refractivity contribution in [1.29, 1.82) is 0 Å². The maximum atomic E-state index is 12.2. The molecular formula is C15H22O3. The molecule has 3 heteroatoms. The molecule has 1 aliphatic carbocycles. The van der Waals surface area contributed by atoms with Crippen molar-refractivity contribution in [1.82, 2.24) is 0 Å². The van der Waals surface area contributed by atoms with Gasteiger partial charge in [-0.25, -0.2) is 0 Å². The Balaban J connectivity index is 2.97. The lowest BCUT2D eigenvalue weighted by molar-refractivity contribution is -0.144. The van der Waals surface area contributed by atoms with Crippen molar-refractivity contribution in [3.05, 3.63) is 11.6 Å². The SMILES string of the molecule is CC(=O)CCC1(CC=C(C)C)C(=O)CCCC1=O. The van der Waals surface area contributed by atoms with E-state index in [1.54, 1.807) is 0 Å². The van der Waals surface area contributed by atoms with Crippen LogP contribution >= 0.6 is 0 Å². The second-order valence-electron chi connectivity index (χ2n) is 5.47. The summed E-state index contributed by atoms with van der Waals surface area (Å²) in [6, 6.07) is 0. The molecule has 0 bridgehead atoms. The molecule has 0 aliphatic heterocycles. The van der Waals surface area contributed by atoms with E-state index in [1.807, 2.05) is 19.9 Å².